The van der Waals surface area contributed by atoms with E-state index in [4.69, 9.17) is 4.74 Å². The molecule has 0 radical (unpaired) electrons. The topological polar surface area (TPSA) is 76.1 Å². The van der Waals surface area contributed by atoms with Crippen molar-refractivity contribution in [3.63, 3.8) is 0 Å². The first-order valence-corrected chi connectivity index (χ1v) is 7.45. The highest BCUT2D eigenvalue weighted by Gasteiger charge is 2.30. The van der Waals surface area contributed by atoms with E-state index < -0.39 is 6.04 Å². The SMILES string of the molecule is O=C1OCCC1n1c(=O)[nH]c2cc(Nc3ccccc3)ccc21. The summed E-state index contributed by atoms with van der Waals surface area (Å²) in [6, 6.07) is 14.8. The number of cyclic esters (lactones) is 1. The second-order valence-corrected chi connectivity index (χ2v) is 5.50. The Hall–Kier alpha value is -3.02. The molecule has 1 unspecified atom stereocenters. The number of carbonyl (C=O) groups is 1. The summed E-state index contributed by atoms with van der Waals surface area (Å²) in [5.41, 5.74) is 2.94. The van der Waals surface area contributed by atoms with E-state index in [0.717, 1.165) is 11.4 Å². The van der Waals surface area contributed by atoms with Gasteiger partial charge in [-0.3, -0.25) is 4.57 Å². The van der Waals surface area contributed by atoms with Crippen LogP contribution in [0.15, 0.2) is 53.3 Å². The molecule has 1 aromatic heterocycles. The molecule has 1 saturated heterocycles. The number of anilines is 2. The smallest absolute Gasteiger partial charge is 0.329 e. The van der Waals surface area contributed by atoms with Gasteiger partial charge in [0.2, 0.25) is 0 Å². The molecular weight excluding hydrogens is 294 g/mol. The Morgan fingerprint density at radius 3 is 2.65 bits per heavy atom. The predicted octanol–water partition coefficient (Wildman–Crippen LogP) is 2.56. The maximum atomic E-state index is 12.2. The number of fused-ring (bicyclic) bond motifs is 1. The van der Waals surface area contributed by atoms with Crippen LogP contribution in [0.2, 0.25) is 0 Å². The second kappa shape index (κ2) is 5.31. The quantitative estimate of drug-likeness (QED) is 0.729. The lowest BCUT2D eigenvalue weighted by molar-refractivity contribution is -0.140. The molecule has 1 atom stereocenters. The number of rotatable bonds is 3. The molecule has 2 heterocycles. The van der Waals surface area contributed by atoms with E-state index in [-0.39, 0.29) is 11.7 Å². The van der Waals surface area contributed by atoms with Gasteiger partial charge in [0.15, 0.2) is 0 Å². The Balaban J connectivity index is 1.73. The van der Waals surface area contributed by atoms with Gasteiger partial charge in [0.1, 0.15) is 6.04 Å². The van der Waals surface area contributed by atoms with Crippen molar-refractivity contribution in [3.05, 3.63) is 59.0 Å². The van der Waals surface area contributed by atoms with Crippen molar-refractivity contribution in [2.24, 2.45) is 0 Å². The van der Waals surface area contributed by atoms with Gasteiger partial charge in [0, 0.05) is 17.8 Å². The van der Waals surface area contributed by atoms with E-state index in [2.05, 4.69) is 10.3 Å². The first-order chi connectivity index (χ1) is 11.2. The van der Waals surface area contributed by atoms with Crippen molar-refractivity contribution in [2.45, 2.75) is 12.5 Å². The fourth-order valence-corrected chi connectivity index (χ4v) is 2.93. The Morgan fingerprint density at radius 1 is 1.09 bits per heavy atom. The zero-order valence-electron chi connectivity index (χ0n) is 12.3. The van der Waals surface area contributed by atoms with Crippen molar-refractivity contribution in [1.29, 1.82) is 0 Å². The summed E-state index contributed by atoms with van der Waals surface area (Å²) in [7, 11) is 0. The molecule has 2 aromatic carbocycles. The van der Waals surface area contributed by atoms with Crippen molar-refractivity contribution >= 4 is 28.4 Å². The van der Waals surface area contributed by atoms with Crippen LogP contribution in [-0.4, -0.2) is 22.1 Å². The third-order valence-electron chi connectivity index (χ3n) is 4.00. The summed E-state index contributed by atoms with van der Waals surface area (Å²) in [6.45, 7) is 0.357. The Labute approximate surface area is 131 Å². The van der Waals surface area contributed by atoms with E-state index >= 15 is 0 Å². The molecule has 1 aliphatic heterocycles. The predicted molar refractivity (Wildman–Crippen MR) is 86.9 cm³/mol. The molecule has 23 heavy (non-hydrogen) atoms. The third-order valence-corrected chi connectivity index (χ3v) is 4.00. The van der Waals surface area contributed by atoms with Gasteiger partial charge in [-0.1, -0.05) is 18.2 Å². The van der Waals surface area contributed by atoms with Crippen LogP contribution in [0, 0.1) is 0 Å². The van der Waals surface area contributed by atoms with Crippen LogP contribution in [0.5, 0.6) is 0 Å². The summed E-state index contributed by atoms with van der Waals surface area (Å²) >= 11 is 0. The van der Waals surface area contributed by atoms with Crippen LogP contribution in [-0.2, 0) is 9.53 Å². The van der Waals surface area contributed by atoms with E-state index in [1.807, 2.05) is 48.5 Å². The number of hydrogen-bond donors (Lipinski definition) is 2. The highest BCUT2D eigenvalue weighted by Crippen LogP contribution is 2.26. The molecule has 6 nitrogen and oxygen atoms in total. The number of esters is 1. The molecule has 0 amide bonds. The van der Waals surface area contributed by atoms with Crippen molar-refractivity contribution < 1.29 is 9.53 Å². The standard InChI is InChI=1S/C17H15N3O3/c21-16-15(8-9-23-16)20-14-7-6-12(10-13(14)19-17(20)22)18-11-4-2-1-3-5-11/h1-7,10,15,18H,8-9H2,(H,19,22). The minimum absolute atomic E-state index is 0.291. The zero-order chi connectivity index (χ0) is 15.8. The second-order valence-electron chi connectivity index (χ2n) is 5.50. The Bertz CT molecular complexity index is 927. The molecule has 2 N–H and O–H groups in total. The van der Waals surface area contributed by atoms with Crippen LogP contribution in [0.1, 0.15) is 12.5 Å². The fraction of sp³-hybridized carbons (Fsp3) is 0.176. The van der Waals surface area contributed by atoms with E-state index in [1.165, 1.54) is 4.57 Å². The summed E-state index contributed by atoms with van der Waals surface area (Å²) in [6.07, 6.45) is 0.524. The first-order valence-electron chi connectivity index (χ1n) is 7.45. The molecule has 3 aromatic rings. The molecule has 0 saturated carbocycles. The van der Waals surface area contributed by atoms with Gasteiger partial charge in [-0.15, -0.1) is 0 Å². The number of H-pyrrole nitrogens is 1. The normalized spacial score (nSPS) is 17.4. The number of benzene rings is 2. The summed E-state index contributed by atoms with van der Waals surface area (Å²) in [4.78, 5) is 26.8. The van der Waals surface area contributed by atoms with E-state index in [9.17, 15) is 9.59 Å². The monoisotopic (exact) mass is 309 g/mol. The van der Waals surface area contributed by atoms with Crippen LogP contribution in [0.4, 0.5) is 11.4 Å². The van der Waals surface area contributed by atoms with Gasteiger partial charge < -0.3 is 15.0 Å². The van der Waals surface area contributed by atoms with Crippen LogP contribution >= 0.6 is 0 Å². The number of carbonyl (C=O) groups excluding carboxylic acids is 1. The fourth-order valence-electron chi connectivity index (χ4n) is 2.93. The van der Waals surface area contributed by atoms with Crippen LogP contribution in [0.25, 0.3) is 11.0 Å². The summed E-state index contributed by atoms with van der Waals surface area (Å²) in [5, 5.41) is 3.28. The number of aromatic nitrogens is 2. The van der Waals surface area contributed by atoms with Gasteiger partial charge in [-0.2, -0.15) is 0 Å². The molecule has 0 spiro atoms. The lowest BCUT2D eigenvalue weighted by atomic mass is 10.2. The molecule has 4 rings (SSSR count). The molecule has 0 bridgehead atoms. The lowest BCUT2D eigenvalue weighted by Crippen LogP contribution is -2.25. The van der Waals surface area contributed by atoms with Gasteiger partial charge in [0.25, 0.3) is 0 Å². The number of para-hydroxylation sites is 1. The van der Waals surface area contributed by atoms with Crippen LogP contribution < -0.4 is 11.0 Å². The van der Waals surface area contributed by atoms with E-state index in [1.54, 1.807) is 0 Å². The zero-order valence-corrected chi connectivity index (χ0v) is 12.3. The number of imidazole rings is 1. The minimum Gasteiger partial charge on any atom is -0.464 e. The average molecular weight is 309 g/mol. The Kier molecular flexibility index (Phi) is 3.15. The highest BCUT2D eigenvalue weighted by atomic mass is 16.5. The summed E-state index contributed by atoms with van der Waals surface area (Å²) < 4.78 is 6.45. The number of aromatic amines is 1. The maximum Gasteiger partial charge on any atom is 0.329 e. The largest absolute Gasteiger partial charge is 0.464 e. The molecule has 6 heteroatoms. The highest BCUT2D eigenvalue weighted by molar-refractivity contribution is 5.84. The van der Waals surface area contributed by atoms with Crippen molar-refractivity contribution in [2.75, 3.05) is 11.9 Å². The van der Waals surface area contributed by atoms with Gasteiger partial charge in [0.05, 0.1) is 17.6 Å². The van der Waals surface area contributed by atoms with Crippen molar-refractivity contribution in [1.82, 2.24) is 9.55 Å². The lowest BCUT2D eigenvalue weighted by Gasteiger charge is -2.09. The van der Waals surface area contributed by atoms with Gasteiger partial charge >= 0.3 is 11.7 Å². The maximum absolute atomic E-state index is 12.2. The number of ether oxygens (including phenoxy) is 1. The average Bonchev–Trinajstić information content (AvgIpc) is 3.10. The van der Waals surface area contributed by atoms with Gasteiger partial charge in [-0.05, 0) is 30.3 Å². The Morgan fingerprint density at radius 2 is 1.91 bits per heavy atom. The third kappa shape index (κ3) is 2.38. The molecule has 1 fully saturated rings. The van der Waals surface area contributed by atoms with Crippen molar-refractivity contribution in [3.8, 4) is 0 Å². The van der Waals surface area contributed by atoms with E-state index in [0.29, 0.717) is 24.1 Å². The number of nitrogens with zero attached hydrogens (tertiary/aromatic N) is 1. The number of nitrogens with one attached hydrogen (secondary N) is 2. The summed E-state index contributed by atoms with van der Waals surface area (Å²) in [5.74, 6) is -0.348. The number of hydrogen-bond acceptors (Lipinski definition) is 4. The van der Waals surface area contributed by atoms with Crippen LogP contribution in [0.3, 0.4) is 0 Å². The molecule has 1 aliphatic rings. The molecule has 0 aliphatic carbocycles. The van der Waals surface area contributed by atoms with Gasteiger partial charge in [-0.25, -0.2) is 9.59 Å². The molecular formula is C17H15N3O3. The minimum atomic E-state index is -0.538. The molecule has 116 valence electrons. The first kappa shape index (κ1) is 13.6.